The second-order valence-electron chi connectivity index (χ2n) is 7.47. The lowest BCUT2D eigenvalue weighted by Gasteiger charge is -2.20. The second-order valence-corrected chi connectivity index (χ2v) is 7.47. The van der Waals surface area contributed by atoms with Crippen LogP contribution in [0.25, 0.3) is 11.1 Å². The molecule has 0 saturated carbocycles. The Morgan fingerprint density at radius 2 is 1.59 bits per heavy atom. The van der Waals surface area contributed by atoms with Crippen molar-refractivity contribution < 1.29 is 14.3 Å². The van der Waals surface area contributed by atoms with Gasteiger partial charge in [-0.3, -0.25) is 4.79 Å². The van der Waals surface area contributed by atoms with Crippen LogP contribution in [0.2, 0.25) is 0 Å². The summed E-state index contributed by atoms with van der Waals surface area (Å²) < 4.78 is 4.94. The van der Waals surface area contributed by atoms with Gasteiger partial charge in [0.2, 0.25) is 5.91 Å². The fourth-order valence-electron chi connectivity index (χ4n) is 4.07. The summed E-state index contributed by atoms with van der Waals surface area (Å²) in [5.74, 6) is -0.935. The first-order chi connectivity index (χ1) is 14.2. The van der Waals surface area contributed by atoms with Crippen molar-refractivity contribution in [2.24, 2.45) is 0 Å². The zero-order valence-electron chi connectivity index (χ0n) is 17.0. The monoisotopic (exact) mass is 391 g/mol. The number of methoxy groups -OCH3 is 1. The van der Waals surface area contributed by atoms with Gasteiger partial charge in [-0.2, -0.15) is 0 Å². The molecule has 1 atom stereocenters. The van der Waals surface area contributed by atoms with Crippen LogP contribution in [0.3, 0.4) is 0 Å². The van der Waals surface area contributed by atoms with E-state index < -0.39 is 12.0 Å². The highest BCUT2D eigenvalue weighted by atomic mass is 16.5. The summed E-state index contributed by atoms with van der Waals surface area (Å²) in [7, 11) is 1.37. The molecule has 1 N–H and O–H groups in total. The third-order valence-corrected chi connectivity index (χ3v) is 5.55. The first-order valence-electron chi connectivity index (χ1n) is 10.3. The number of ether oxygens (including phenoxy) is 1. The Balaban J connectivity index is 1.71. The normalized spacial score (nSPS) is 13.3. The van der Waals surface area contributed by atoms with Gasteiger partial charge < -0.3 is 10.1 Å². The third kappa shape index (κ3) is 4.76. The molecule has 2 aromatic carbocycles. The van der Waals surface area contributed by atoms with Crippen molar-refractivity contribution in [3.63, 3.8) is 0 Å². The van der Waals surface area contributed by atoms with Crippen LogP contribution in [-0.2, 0) is 14.3 Å². The van der Waals surface area contributed by atoms with Crippen LogP contribution in [0.4, 0.5) is 0 Å². The minimum atomic E-state index is -0.619. The first kappa shape index (κ1) is 20.8. The Morgan fingerprint density at radius 3 is 2.17 bits per heavy atom. The number of nitrogens with one attached hydrogen (secondary N) is 1. The van der Waals surface area contributed by atoms with Crippen molar-refractivity contribution in [1.82, 2.24) is 5.32 Å². The molecule has 0 radical (unpaired) electrons. The van der Waals surface area contributed by atoms with Crippen molar-refractivity contribution in [3.05, 3.63) is 72.3 Å². The molecule has 1 amide bonds. The number of fused-ring (bicyclic) bond motifs is 3. The Labute approximate surface area is 173 Å². The van der Waals surface area contributed by atoms with E-state index in [-0.39, 0.29) is 11.9 Å². The fourth-order valence-corrected chi connectivity index (χ4v) is 4.07. The van der Waals surface area contributed by atoms with Gasteiger partial charge in [0.25, 0.3) is 0 Å². The lowest BCUT2D eigenvalue weighted by molar-refractivity contribution is -0.145. The minimum absolute atomic E-state index is 0.149. The highest BCUT2D eigenvalue weighted by Crippen LogP contribution is 2.44. The van der Waals surface area contributed by atoms with E-state index in [9.17, 15) is 9.59 Å². The van der Waals surface area contributed by atoms with Gasteiger partial charge in [-0.25, -0.2) is 4.79 Å². The summed E-state index contributed by atoms with van der Waals surface area (Å²) in [6, 6.07) is 15.3. The molecule has 0 fully saturated rings. The fraction of sp³-hybridized carbons (Fsp3) is 0.360. The van der Waals surface area contributed by atoms with Crippen LogP contribution >= 0.6 is 0 Å². The van der Waals surface area contributed by atoms with E-state index in [4.69, 9.17) is 4.74 Å². The van der Waals surface area contributed by atoms with Gasteiger partial charge in [-0.05, 0) is 41.5 Å². The molecular weight excluding hydrogens is 362 g/mol. The van der Waals surface area contributed by atoms with Gasteiger partial charge in [-0.1, -0.05) is 73.9 Å². The number of unbranched alkanes of at least 4 members (excludes halogenated alkanes) is 4. The Bertz CT molecular complexity index is 828. The van der Waals surface area contributed by atoms with E-state index in [1.54, 1.807) is 0 Å². The molecule has 4 nitrogen and oxygen atoms in total. The van der Waals surface area contributed by atoms with Gasteiger partial charge in [0, 0.05) is 0 Å². The van der Waals surface area contributed by atoms with Crippen LogP contribution in [0.5, 0.6) is 0 Å². The summed E-state index contributed by atoms with van der Waals surface area (Å²) >= 11 is 0. The van der Waals surface area contributed by atoms with Crippen LogP contribution < -0.4 is 5.32 Å². The first-order valence-corrected chi connectivity index (χ1v) is 10.3. The average Bonchev–Trinajstić information content (AvgIpc) is 3.09. The molecule has 152 valence electrons. The molecule has 0 bridgehead atoms. The maximum atomic E-state index is 13.2. The van der Waals surface area contributed by atoms with E-state index in [0.717, 1.165) is 54.4 Å². The minimum Gasteiger partial charge on any atom is -0.467 e. The van der Waals surface area contributed by atoms with E-state index in [0.29, 0.717) is 6.42 Å². The van der Waals surface area contributed by atoms with E-state index in [1.165, 1.54) is 7.11 Å². The molecule has 0 aromatic heterocycles. The molecular formula is C25H29NO3. The second kappa shape index (κ2) is 10.1. The SMILES string of the molecule is C=CCCCCCC[C@H](NC(=O)C1c2ccccc2-c2ccccc21)C(=O)OC. The predicted molar refractivity (Wildman–Crippen MR) is 116 cm³/mol. The molecule has 1 aliphatic rings. The van der Waals surface area contributed by atoms with Crippen molar-refractivity contribution >= 4 is 11.9 Å². The van der Waals surface area contributed by atoms with Crippen molar-refractivity contribution in [1.29, 1.82) is 0 Å². The van der Waals surface area contributed by atoms with E-state index in [1.807, 2.05) is 54.6 Å². The van der Waals surface area contributed by atoms with Gasteiger partial charge in [0.15, 0.2) is 0 Å². The Kier molecular flexibility index (Phi) is 7.23. The topological polar surface area (TPSA) is 55.4 Å². The van der Waals surface area contributed by atoms with Gasteiger partial charge in [0.05, 0.1) is 13.0 Å². The van der Waals surface area contributed by atoms with Crippen LogP contribution in [-0.4, -0.2) is 25.0 Å². The van der Waals surface area contributed by atoms with Gasteiger partial charge in [0.1, 0.15) is 6.04 Å². The van der Waals surface area contributed by atoms with E-state index in [2.05, 4.69) is 11.9 Å². The number of carbonyl (C=O) groups is 2. The van der Waals surface area contributed by atoms with Crippen molar-refractivity contribution in [3.8, 4) is 11.1 Å². The zero-order valence-corrected chi connectivity index (χ0v) is 17.0. The summed E-state index contributed by atoms with van der Waals surface area (Å²) in [6.45, 7) is 3.73. The molecule has 1 aliphatic carbocycles. The number of esters is 1. The Morgan fingerprint density at radius 1 is 1.00 bits per heavy atom. The third-order valence-electron chi connectivity index (χ3n) is 5.55. The maximum Gasteiger partial charge on any atom is 0.328 e. The zero-order chi connectivity index (χ0) is 20.6. The lowest BCUT2D eigenvalue weighted by Crippen LogP contribution is -2.43. The number of amides is 1. The molecule has 0 unspecified atom stereocenters. The number of rotatable bonds is 10. The smallest absolute Gasteiger partial charge is 0.328 e. The Hall–Kier alpha value is -2.88. The highest BCUT2D eigenvalue weighted by molar-refractivity contribution is 5.97. The van der Waals surface area contributed by atoms with Crippen molar-refractivity contribution in [2.75, 3.05) is 7.11 Å². The molecule has 0 saturated heterocycles. The lowest BCUT2D eigenvalue weighted by atomic mass is 9.95. The molecule has 4 heteroatoms. The molecule has 0 spiro atoms. The van der Waals surface area contributed by atoms with E-state index >= 15 is 0 Å². The molecule has 29 heavy (non-hydrogen) atoms. The number of carbonyl (C=O) groups excluding carboxylic acids is 2. The standard InChI is InChI=1S/C25H29NO3/c1-3-4-5-6-7-8-17-22(25(28)29-2)26-24(27)23-20-15-11-9-13-18(20)19-14-10-12-16-21(19)23/h3,9-16,22-23H,1,4-8,17H2,2H3,(H,26,27)/t22-/m0/s1. The number of benzene rings is 2. The summed E-state index contributed by atoms with van der Waals surface area (Å²) in [6.07, 6.45) is 7.61. The number of allylic oxidation sites excluding steroid dienone is 1. The predicted octanol–water partition coefficient (Wildman–Crippen LogP) is 4.98. The summed E-state index contributed by atoms with van der Waals surface area (Å²) in [5.41, 5.74) is 4.14. The van der Waals surface area contributed by atoms with Crippen LogP contribution in [0.15, 0.2) is 61.2 Å². The van der Waals surface area contributed by atoms with Crippen LogP contribution in [0.1, 0.15) is 55.6 Å². The molecule has 2 aromatic rings. The van der Waals surface area contributed by atoms with Gasteiger partial charge >= 0.3 is 5.97 Å². The summed E-state index contributed by atoms with van der Waals surface area (Å²) in [4.78, 5) is 25.5. The maximum absolute atomic E-state index is 13.2. The highest BCUT2D eigenvalue weighted by Gasteiger charge is 2.35. The van der Waals surface area contributed by atoms with Gasteiger partial charge in [-0.15, -0.1) is 6.58 Å². The number of hydrogen-bond donors (Lipinski definition) is 1. The molecule has 0 heterocycles. The van der Waals surface area contributed by atoms with Crippen LogP contribution in [0, 0.1) is 0 Å². The number of hydrogen-bond acceptors (Lipinski definition) is 3. The van der Waals surface area contributed by atoms with Crippen molar-refractivity contribution in [2.45, 2.75) is 50.5 Å². The average molecular weight is 392 g/mol. The molecule has 3 rings (SSSR count). The summed E-state index contributed by atoms with van der Waals surface area (Å²) in [5, 5.41) is 2.96. The largest absolute Gasteiger partial charge is 0.467 e. The molecule has 0 aliphatic heterocycles. The quantitative estimate of drug-likeness (QED) is 0.353.